The predicted molar refractivity (Wildman–Crippen MR) is 77.1 cm³/mol. The van der Waals surface area contributed by atoms with Gasteiger partial charge in [0.1, 0.15) is 0 Å². The van der Waals surface area contributed by atoms with Gasteiger partial charge < -0.3 is 4.74 Å². The first kappa shape index (κ1) is 15.5. The molecule has 2 heterocycles. The molecule has 0 unspecified atom stereocenters. The molecule has 1 aliphatic rings. The van der Waals surface area contributed by atoms with Gasteiger partial charge in [0, 0.05) is 11.3 Å². The van der Waals surface area contributed by atoms with Crippen LogP contribution < -0.4 is 5.43 Å². The number of aryl methyl sites for hydroxylation is 1. The Labute approximate surface area is 123 Å². The molecule has 1 aromatic heterocycles. The molecule has 21 heavy (non-hydrogen) atoms. The summed E-state index contributed by atoms with van der Waals surface area (Å²) in [5.41, 5.74) is 4.52. The molecule has 0 aliphatic carbocycles. The maximum Gasteiger partial charge on any atom is 0.427 e. The third kappa shape index (κ3) is 3.41. The Kier molecular flexibility index (Phi) is 4.31. The lowest BCUT2D eigenvalue weighted by atomic mass is 10.2. The zero-order valence-electron chi connectivity index (χ0n) is 12.2. The van der Waals surface area contributed by atoms with Crippen LogP contribution in [0, 0.1) is 13.8 Å². The summed E-state index contributed by atoms with van der Waals surface area (Å²) in [6.45, 7) is 3.66. The minimum atomic E-state index is -2.96. The second-order valence-corrected chi connectivity index (χ2v) is 7.18. The number of nitrogens with zero attached hydrogens (tertiary/aromatic N) is 3. The van der Waals surface area contributed by atoms with Crippen molar-refractivity contribution in [3.8, 4) is 0 Å². The number of carbonyl (C=O) groups excluding carboxylic acids is 1. The Hall–Kier alpha value is -1.90. The average Bonchev–Trinajstić information content (AvgIpc) is 2.91. The highest BCUT2D eigenvalue weighted by Crippen LogP contribution is 2.26. The summed E-state index contributed by atoms with van der Waals surface area (Å²) in [5, 5.41) is 8.17. The number of nitrogens with one attached hydrogen (secondary N) is 1. The van der Waals surface area contributed by atoms with Crippen LogP contribution in [-0.4, -0.2) is 49.1 Å². The normalized spacial score (nSPS) is 20.8. The van der Waals surface area contributed by atoms with E-state index in [1.54, 1.807) is 4.68 Å². The Morgan fingerprint density at radius 2 is 2.24 bits per heavy atom. The van der Waals surface area contributed by atoms with E-state index in [2.05, 4.69) is 20.4 Å². The summed E-state index contributed by atoms with van der Waals surface area (Å²) in [5.74, 6) is 0.315. The fourth-order valence-electron chi connectivity index (χ4n) is 2.38. The van der Waals surface area contributed by atoms with Gasteiger partial charge in [-0.25, -0.2) is 18.6 Å². The zero-order valence-corrected chi connectivity index (χ0v) is 13.0. The molecule has 116 valence electrons. The summed E-state index contributed by atoms with van der Waals surface area (Å²) in [6.07, 6.45) is 1.39. The molecule has 1 amide bonds. The summed E-state index contributed by atoms with van der Waals surface area (Å²) >= 11 is 0. The smallest absolute Gasteiger partial charge is 0.427 e. The van der Waals surface area contributed by atoms with E-state index in [4.69, 9.17) is 0 Å². The molecule has 9 heteroatoms. The van der Waals surface area contributed by atoms with Gasteiger partial charge in [-0.05, 0) is 20.3 Å². The van der Waals surface area contributed by atoms with E-state index in [-0.39, 0.29) is 17.5 Å². The Balaban J connectivity index is 2.20. The Morgan fingerprint density at radius 3 is 2.81 bits per heavy atom. The number of aromatic nitrogens is 2. The summed E-state index contributed by atoms with van der Waals surface area (Å²) in [7, 11) is -1.71. The van der Waals surface area contributed by atoms with E-state index in [0.717, 1.165) is 17.0 Å². The van der Waals surface area contributed by atoms with Gasteiger partial charge in [0.15, 0.2) is 9.84 Å². The van der Waals surface area contributed by atoms with Crippen molar-refractivity contribution in [2.24, 2.45) is 5.10 Å². The molecule has 0 saturated carbocycles. The highest BCUT2D eigenvalue weighted by atomic mass is 32.2. The van der Waals surface area contributed by atoms with Crippen molar-refractivity contribution in [1.29, 1.82) is 0 Å². The van der Waals surface area contributed by atoms with Gasteiger partial charge in [0.05, 0.1) is 36.6 Å². The molecule has 0 spiro atoms. The van der Waals surface area contributed by atoms with Crippen molar-refractivity contribution in [2.45, 2.75) is 26.3 Å². The van der Waals surface area contributed by atoms with Crippen molar-refractivity contribution in [3.05, 3.63) is 17.0 Å². The SMILES string of the molecule is COC(=O)N/N=C\c1c(C)nn([C@@H]2CCS(=O)(=O)C2)c1C. The fraction of sp³-hybridized carbons (Fsp3) is 0.583. The number of ether oxygens (including phenoxy) is 1. The average molecular weight is 314 g/mol. The summed E-state index contributed by atoms with van der Waals surface area (Å²) in [4.78, 5) is 10.9. The lowest BCUT2D eigenvalue weighted by Crippen LogP contribution is -2.17. The van der Waals surface area contributed by atoms with Crippen molar-refractivity contribution < 1.29 is 17.9 Å². The summed E-state index contributed by atoms with van der Waals surface area (Å²) in [6, 6.07) is -0.135. The Morgan fingerprint density at radius 1 is 1.52 bits per heavy atom. The topological polar surface area (TPSA) is 103 Å². The van der Waals surface area contributed by atoms with Crippen molar-refractivity contribution in [3.63, 3.8) is 0 Å². The molecule has 1 aliphatic heterocycles. The van der Waals surface area contributed by atoms with E-state index >= 15 is 0 Å². The molecule has 1 saturated heterocycles. The maximum atomic E-state index is 11.6. The Bertz CT molecular complexity index is 678. The van der Waals surface area contributed by atoms with Crippen LogP contribution in [0.15, 0.2) is 5.10 Å². The van der Waals surface area contributed by atoms with E-state index < -0.39 is 15.9 Å². The number of rotatable bonds is 3. The number of hydrogen-bond donors (Lipinski definition) is 1. The number of methoxy groups -OCH3 is 1. The molecule has 1 fully saturated rings. The molecular weight excluding hydrogens is 296 g/mol. The first-order valence-electron chi connectivity index (χ1n) is 6.47. The third-order valence-electron chi connectivity index (χ3n) is 3.47. The largest absolute Gasteiger partial charge is 0.452 e. The maximum absolute atomic E-state index is 11.6. The molecule has 0 bridgehead atoms. The quantitative estimate of drug-likeness (QED) is 0.648. The van der Waals surface area contributed by atoms with E-state index in [1.807, 2.05) is 13.8 Å². The molecule has 2 rings (SSSR count). The van der Waals surface area contributed by atoms with Gasteiger partial charge in [0.25, 0.3) is 0 Å². The lowest BCUT2D eigenvalue weighted by molar-refractivity contribution is 0.171. The number of hydrazone groups is 1. The van der Waals surface area contributed by atoms with E-state index in [0.29, 0.717) is 6.42 Å². The van der Waals surface area contributed by atoms with Crippen LogP contribution in [0.1, 0.15) is 29.4 Å². The van der Waals surface area contributed by atoms with Crippen LogP contribution >= 0.6 is 0 Å². The van der Waals surface area contributed by atoms with Crippen LogP contribution in [0.2, 0.25) is 0 Å². The minimum Gasteiger partial charge on any atom is -0.452 e. The first-order valence-corrected chi connectivity index (χ1v) is 8.29. The second-order valence-electron chi connectivity index (χ2n) is 4.95. The number of sulfone groups is 1. The number of amides is 1. The highest BCUT2D eigenvalue weighted by molar-refractivity contribution is 7.91. The molecule has 1 aromatic rings. The standard InChI is InChI=1S/C12H18N4O4S/c1-8-11(6-13-14-12(17)20-3)9(2)16(15-8)10-4-5-21(18,19)7-10/h6,10H,4-5,7H2,1-3H3,(H,14,17)/b13-6-/t10-/m1/s1. The number of hydrogen-bond acceptors (Lipinski definition) is 6. The van der Waals surface area contributed by atoms with Gasteiger partial charge in [0.2, 0.25) is 0 Å². The van der Waals surface area contributed by atoms with E-state index in [9.17, 15) is 13.2 Å². The van der Waals surface area contributed by atoms with Crippen LogP contribution in [0.3, 0.4) is 0 Å². The third-order valence-corrected chi connectivity index (χ3v) is 5.22. The molecular formula is C12H18N4O4S. The second kappa shape index (κ2) is 5.84. The van der Waals surface area contributed by atoms with Gasteiger partial charge in [-0.1, -0.05) is 0 Å². The van der Waals surface area contributed by atoms with E-state index in [1.165, 1.54) is 13.3 Å². The fourth-order valence-corrected chi connectivity index (χ4v) is 4.07. The molecule has 1 atom stereocenters. The van der Waals surface area contributed by atoms with Gasteiger partial charge in [-0.3, -0.25) is 4.68 Å². The first-order chi connectivity index (χ1) is 9.84. The lowest BCUT2D eigenvalue weighted by Gasteiger charge is -2.10. The van der Waals surface area contributed by atoms with Crippen molar-refractivity contribution >= 4 is 22.1 Å². The van der Waals surface area contributed by atoms with Crippen molar-refractivity contribution in [2.75, 3.05) is 18.6 Å². The van der Waals surface area contributed by atoms with Gasteiger partial charge >= 0.3 is 6.09 Å². The molecule has 8 nitrogen and oxygen atoms in total. The monoisotopic (exact) mass is 314 g/mol. The van der Waals surface area contributed by atoms with Gasteiger partial charge in [-0.2, -0.15) is 10.2 Å². The van der Waals surface area contributed by atoms with Crippen LogP contribution in [0.5, 0.6) is 0 Å². The predicted octanol–water partition coefficient (Wildman–Crippen LogP) is 0.549. The molecule has 0 aromatic carbocycles. The molecule has 1 N–H and O–H groups in total. The highest BCUT2D eigenvalue weighted by Gasteiger charge is 2.31. The molecule has 0 radical (unpaired) electrons. The van der Waals surface area contributed by atoms with Crippen molar-refractivity contribution in [1.82, 2.24) is 15.2 Å². The van der Waals surface area contributed by atoms with Crippen LogP contribution in [0.25, 0.3) is 0 Å². The van der Waals surface area contributed by atoms with Crippen LogP contribution in [0.4, 0.5) is 4.79 Å². The van der Waals surface area contributed by atoms with Gasteiger partial charge in [-0.15, -0.1) is 0 Å². The zero-order chi connectivity index (χ0) is 15.6. The van der Waals surface area contributed by atoms with Crippen LogP contribution in [-0.2, 0) is 14.6 Å². The number of carbonyl (C=O) groups is 1. The minimum absolute atomic E-state index is 0.117. The summed E-state index contributed by atoms with van der Waals surface area (Å²) < 4.78 is 29.3.